The maximum atomic E-state index is 12.7. The number of rotatable bonds is 5. The number of thioether (sulfide) groups is 1. The summed E-state index contributed by atoms with van der Waals surface area (Å²) in [5, 5.41) is 1.79. The number of hydrogen-bond acceptors (Lipinski definition) is 5. The molecule has 0 atom stereocenters. The van der Waals surface area contributed by atoms with E-state index >= 15 is 0 Å². The number of benzene rings is 3. The fraction of sp³-hybridized carbons (Fsp3) is 0.0435. The third-order valence-electron chi connectivity index (χ3n) is 4.28. The molecule has 1 aliphatic rings. The lowest BCUT2D eigenvalue weighted by atomic mass is 10.2. The first-order valence-electron chi connectivity index (χ1n) is 9.24. The Bertz CT molecular complexity index is 1190. The van der Waals surface area contributed by atoms with Gasteiger partial charge in [-0.25, -0.2) is 0 Å². The average Bonchev–Trinajstić information content (AvgIpc) is 3.06. The van der Waals surface area contributed by atoms with Gasteiger partial charge in [0.15, 0.2) is 0 Å². The maximum Gasteiger partial charge on any atom is 0.416 e. The lowest BCUT2D eigenvalue weighted by Gasteiger charge is -2.11. The highest BCUT2D eigenvalue weighted by Crippen LogP contribution is 2.33. The maximum absolute atomic E-state index is 12.7. The van der Waals surface area contributed by atoms with Gasteiger partial charge in [-0.2, -0.15) is 13.2 Å². The smallest absolute Gasteiger partial charge is 0.416 e. The summed E-state index contributed by atoms with van der Waals surface area (Å²) in [6.45, 7) is 0. The first-order valence-corrected chi connectivity index (χ1v) is 10.1. The van der Waals surface area contributed by atoms with Gasteiger partial charge in [0.25, 0.3) is 11.1 Å². The fourth-order valence-electron chi connectivity index (χ4n) is 2.79. The number of amides is 2. The average molecular weight is 457 g/mol. The zero-order chi connectivity index (χ0) is 22.7. The Labute approximate surface area is 184 Å². The molecule has 1 N–H and O–H groups in total. The summed E-state index contributed by atoms with van der Waals surface area (Å²) in [5.41, 5.74) is -0.0242. The van der Waals surface area contributed by atoms with Crippen molar-refractivity contribution in [1.29, 1.82) is 0 Å². The monoisotopic (exact) mass is 457 g/mol. The Morgan fingerprint density at radius 3 is 1.84 bits per heavy atom. The molecule has 0 bridgehead atoms. The van der Waals surface area contributed by atoms with Gasteiger partial charge in [-0.05, 0) is 71.9 Å². The van der Waals surface area contributed by atoms with Crippen molar-refractivity contribution >= 4 is 29.0 Å². The van der Waals surface area contributed by atoms with Crippen molar-refractivity contribution in [1.82, 2.24) is 5.32 Å². The Kier molecular flexibility index (Phi) is 5.91. The van der Waals surface area contributed by atoms with Gasteiger partial charge in [-0.1, -0.05) is 18.2 Å². The topological polar surface area (TPSA) is 64.6 Å². The summed E-state index contributed by atoms with van der Waals surface area (Å²) in [7, 11) is 0. The van der Waals surface area contributed by atoms with E-state index in [1.165, 1.54) is 12.1 Å². The summed E-state index contributed by atoms with van der Waals surface area (Å²) in [6, 6.07) is 18.0. The van der Waals surface area contributed by atoms with Crippen LogP contribution in [0.1, 0.15) is 11.1 Å². The van der Waals surface area contributed by atoms with E-state index in [0.29, 0.717) is 22.2 Å². The minimum absolute atomic E-state index is 0.264. The molecular formula is C23H14F3NO4S. The molecule has 0 unspecified atom stereocenters. The molecule has 0 spiro atoms. The van der Waals surface area contributed by atoms with Crippen molar-refractivity contribution in [2.24, 2.45) is 0 Å². The molecule has 32 heavy (non-hydrogen) atoms. The van der Waals surface area contributed by atoms with E-state index in [-0.39, 0.29) is 5.75 Å². The van der Waals surface area contributed by atoms with E-state index in [1.807, 2.05) is 0 Å². The minimum atomic E-state index is -4.40. The van der Waals surface area contributed by atoms with Gasteiger partial charge in [0.1, 0.15) is 23.0 Å². The molecule has 5 nitrogen and oxygen atoms in total. The van der Waals surface area contributed by atoms with Gasteiger partial charge >= 0.3 is 6.18 Å². The van der Waals surface area contributed by atoms with Crippen LogP contribution >= 0.6 is 11.8 Å². The van der Waals surface area contributed by atoms with Crippen molar-refractivity contribution < 1.29 is 32.2 Å². The van der Waals surface area contributed by atoms with Crippen LogP contribution in [0.4, 0.5) is 18.0 Å². The molecule has 9 heteroatoms. The van der Waals surface area contributed by atoms with Crippen LogP contribution in [0, 0.1) is 0 Å². The lowest BCUT2D eigenvalue weighted by Crippen LogP contribution is -2.17. The third kappa shape index (κ3) is 5.30. The summed E-state index contributed by atoms with van der Waals surface area (Å²) in [5.74, 6) is 1.23. The molecule has 0 saturated carbocycles. The largest absolute Gasteiger partial charge is 0.457 e. The van der Waals surface area contributed by atoms with Crippen molar-refractivity contribution in [3.63, 3.8) is 0 Å². The van der Waals surface area contributed by atoms with Crippen LogP contribution < -0.4 is 14.8 Å². The molecule has 162 valence electrons. The molecule has 3 aromatic rings. The van der Waals surface area contributed by atoms with Crippen molar-refractivity contribution in [3.05, 3.63) is 88.8 Å². The molecule has 0 radical (unpaired) electrons. The summed E-state index contributed by atoms with van der Waals surface area (Å²) in [4.78, 5) is 23.2. The van der Waals surface area contributed by atoms with Crippen LogP contribution in [0.15, 0.2) is 77.7 Å². The summed E-state index contributed by atoms with van der Waals surface area (Å²) in [6.07, 6.45) is -2.80. The van der Waals surface area contributed by atoms with Crippen molar-refractivity contribution in [3.8, 4) is 23.0 Å². The van der Waals surface area contributed by atoms with Crippen LogP contribution in [0.5, 0.6) is 23.0 Å². The first kappa shape index (κ1) is 21.5. The Morgan fingerprint density at radius 2 is 1.34 bits per heavy atom. The summed E-state index contributed by atoms with van der Waals surface area (Å²) >= 11 is 0.840. The lowest BCUT2D eigenvalue weighted by molar-refractivity contribution is -0.137. The highest BCUT2D eigenvalue weighted by atomic mass is 32.2. The van der Waals surface area contributed by atoms with E-state index in [2.05, 4.69) is 5.32 Å². The molecule has 3 aromatic carbocycles. The highest BCUT2D eigenvalue weighted by molar-refractivity contribution is 8.18. The Balaban J connectivity index is 1.42. The number of carbonyl (C=O) groups is 2. The first-order chi connectivity index (χ1) is 15.3. The molecule has 1 fully saturated rings. The van der Waals surface area contributed by atoms with E-state index in [4.69, 9.17) is 9.47 Å². The second-order valence-electron chi connectivity index (χ2n) is 6.62. The van der Waals surface area contributed by atoms with E-state index in [9.17, 15) is 22.8 Å². The zero-order valence-electron chi connectivity index (χ0n) is 16.2. The summed E-state index contributed by atoms with van der Waals surface area (Å²) < 4.78 is 49.4. The number of ether oxygens (including phenoxy) is 2. The molecule has 0 aromatic heterocycles. The molecule has 4 rings (SSSR count). The molecule has 1 saturated heterocycles. The Hall–Kier alpha value is -3.72. The zero-order valence-corrected chi connectivity index (χ0v) is 17.0. The number of nitrogens with one attached hydrogen (secondary N) is 1. The fourth-order valence-corrected chi connectivity index (χ4v) is 3.47. The van der Waals surface area contributed by atoms with E-state index in [1.54, 1.807) is 54.6 Å². The number of halogens is 3. The minimum Gasteiger partial charge on any atom is -0.457 e. The normalized spacial score (nSPS) is 15.0. The molecule has 1 heterocycles. The number of imide groups is 1. The van der Waals surface area contributed by atoms with Gasteiger partial charge in [0.2, 0.25) is 0 Å². The quantitative estimate of drug-likeness (QED) is 0.437. The number of carbonyl (C=O) groups excluding carboxylic acids is 2. The standard InChI is InChI=1S/C23H14F3NO4S/c24-23(25,26)15-6-10-17(11-7-15)31-19-3-1-2-18(13-19)30-16-8-4-14(5-9-16)12-20-21(28)27-22(29)32-20/h1-13H,(H,27,28,29). The molecular weight excluding hydrogens is 443 g/mol. The van der Waals surface area contributed by atoms with Gasteiger partial charge in [0, 0.05) is 6.07 Å². The van der Waals surface area contributed by atoms with Gasteiger partial charge < -0.3 is 9.47 Å². The van der Waals surface area contributed by atoms with Crippen LogP contribution in [-0.2, 0) is 11.0 Å². The predicted molar refractivity (Wildman–Crippen MR) is 114 cm³/mol. The second kappa shape index (κ2) is 8.80. The second-order valence-corrected chi connectivity index (χ2v) is 7.64. The molecule has 1 aliphatic heterocycles. The third-order valence-corrected chi connectivity index (χ3v) is 5.09. The SMILES string of the molecule is O=C1NC(=O)C(=Cc2ccc(Oc3cccc(Oc4ccc(C(F)(F)F)cc4)c3)cc2)S1. The van der Waals surface area contributed by atoms with Crippen molar-refractivity contribution in [2.75, 3.05) is 0 Å². The van der Waals surface area contributed by atoms with Crippen molar-refractivity contribution in [2.45, 2.75) is 6.18 Å². The van der Waals surface area contributed by atoms with Crippen LogP contribution in [0.2, 0.25) is 0 Å². The van der Waals surface area contributed by atoms with Gasteiger partial charge in [-0.15, -0.1) is 0 Å². The highest BCUT2D eigenvalue weighted by Gasteiger charge is 2.30. The number of alkyl halides is 3. The van der Waals surface area contributed by atoms with E-state index < -0.39 is 22.9 Å². The molecule has 0 aliphatic carbocycles. The van der Waals surface area contributed by atoms with Gasteiger partial charge in [-0.3, -0.25) is 14.9 Å². The molecule has 2 amide bonds. The van der Waals surface area contributed by atoms with Gasteiger partial charge in [0.05, 0.1) is 10.5 Å². The Morgan fingerprint density at radius 1 is 0.781 bits per heavy atom. The predicted octanol–water partition coefficient (Wildman–Crippen LogP) is 6.61. The van der Waals surface area contributed by atoms with Crippen LogP contribution in [-0.4, -0.2) is 11.1 Å². The number of hydrogen-bond donors (Lipinski definition) is 1. The van der Waals surface area contributed by atoms with E-state index in [0.717, 1.165) is 29.5 Å². The van der Waals surface area contributed by atoms with Crippen LogP contribution in [0.3, 0.4) is 0 Å². The van der Waals surface area contributed by atoms with Crippen LogP contribution in [0.25, 0.3) is 6.08 Å².